The summed E-state index contributed by atoms with van der Waals surface area (Å²) in [5.74, 6) is 0.917. The topological polar surface area (TPSA) is 49.4 Å². The molecule has 1 aromatic carbocycles. The number of rotatable bonds is 7. The number of hydrogen-bond acceptors (Lipinski definition) is 3. The molecule has 1 N–H and O–H groups in total. The van der Waals surface area contributed by atoms with Gasteiger partial charge in [0.25, 0.3) is 0 Å². The minimum atomic E-state index is 0.0673. The van der Waals surface area contributed by atoms with Crippen LogP contribution in [0.15, 0.2) is 33.6 Å². The minimum Gasteiger partial charge on any atom is -0.353 e. The van der Waals surface area contributed by atoms with Crippen LogP contribution in [0.1, 0.15) is 39.5 Å². The Bertz CT molecular complexity index is 567. The largest absolute Gasteiger partial charge is 0.353 e. The Kier molecular flexibility index (Phi) is 8.30. The molecule has 0 bridgehead atoms. The van der Waals surface area contributed by atoms with Gasteiger partial charge in [-0.25, -0.2) is 0 Å². The van der Waals surface area contributed by atoms with E-state index in [9.17, 15) is 9.59 Å². The van der Waals surface area contributed by atoms with Crippen molar-refractivity contribution in [3.63, 3.8) is 0 Å². The van der Waals surface area contributed by atoms with Gasteiger partial charge >= 0.3 is 0 Å². The maximum absolute atomic E-state index is 12.4. The summed E-state index contributed by atoms with van der Waals surface area (Å²) in [4.78, 5) is 27.6. The molecule has 0 aromatic heterocycles. The number of carbonyl (C=O) groups excluding carboxylic acids is 2. The molecule has 1 aliphatic heterocycles. The summed E-state index contributed by atoms with van der Waals surface area (Å²) in [6, 6.07) is 8.15. The second-order valence-electron chi connectivity index (χ2n) is 6.42. The van der Waals surface area contributed by atoms with Gasteiger partial charge in [-0.15, -0.1) is 11.8 Å². The third-order valence-electron chi connectivity index (χ3n) is 4.69. The summed E-state index contributed by atoms with van der Waals surface area (Å²) < 4.78 is 1.04. The summed E-state index contributed by atoms with van der Waals surface area (Å²) in [5, 5.41) is 3.11. The van der Waals surface area contributed by atoms with E-state index in [1.807, 2.05) is 29.2 Å². The van der Waals surface area contributed by atoms with Gasteiger partial charge in [0.1, 0.15) is 0 Å². The van der Waals surface area contributed by atoms with Crippen molar-refractivity contribution >= 4 is 39.5 Å². The lowest BCUT2D eigenvalue weighted by Crippen LogP contribution is -2.48. The molecule has 2 amide bonds. The van der Waals surface area contributed by atoms with E-state index in [0.29, 0.717) is 5.75 Å². The van der Waals surface area contributed by atoms with Crippen molar-refractivity contribution in [2.75, 3.05) is 18.8 Å². The maximum Gasteiger partial charge on any atom is 0.230 e. The van der Waals surface area contributed by atoms with Gasteiger partial charge in [-0.1, -0.05) is 29.8 Å². The van der Waals surface area contributed by atoms with Crippen LogP contribution in [0.3, 0.4) is 0 Å². The van der Waals surface area contributed by atoms with Gasteiger partial charge in [0.2, 0.25) is 11.8 Å². The first-order valence-electron chi connectivity index (χ1n) is 9.00. The van der Waals surface area contributed by atoms with Crippen molar-refractivity contribution in [1.29, 1.82) is 0 Å². The SMILES string of the molecule is CCC(CC)C(=O)N1CCC(NC(=O)CSc2ccc(Br)cc2)CC1. The zero-order valence-corrected chi connectivity index (χ0v) is 17.4. The van der Waals surface area contributed by atoms with Crippen molar-refractivity contribution in [2.45, 2.75) is 50.5 Å². The van der Waals surface area contributed by atoms with Crippen LogP contribution in [0.4, 0.5) is 0 Å². The Morgan fingerprint density at radius 3 is 2.36 bits per heavy atom. The Labute approximate surface area is 163 Å². The number of nitrogens with one attached hydrogen (secondary N) is 1. The molecule has 1 heterocycles. The number of amides is 2. The van der Waals surface area contributed by atoms with E-state index < -0.39 is 0 Å². The highest BCUT2D eigenvalue weighted by atomic mass is 79.9. The van der Waals surface area contributed by atoms with Gasteiger partial charge in [-0.2, -0.15) is 0 Å². The fourth-order valence-electron chi connectivity index (χ4n) is 3.09. The predicted molar refractivity (Wildman–Crippen MR) is 107 cm³/mol. The fourth-order valence-corrected chi connectivity index (χ4v) is 4.06. The first-order valence-corrected chi connectivity index (χ1v) is 10.8. The molecule has 0 spiro atoms. The van der Waals surface area contributed by atoms with Crippen LogP contribution in [0, 0.1) is 5.92 Å². The smallest absolute Gasteiger partial charge is 0.230 e. The fraction of sp³-hybridized carbons (Fsp3) is 0.579. The van der Waals surface area contributed by atoms with Crippen LogP contribution in [0.5, 0.6) is 0 Å². The predicted octanol–water partition coefficient (Wildman–Crippen LogP) is 4.08. The summed E-state index contributed by atoms with van der Waals surface area (Å²) in [7, 11) is 0. The van der Waals surface area contributed by atoms with Crippen molar-refractivity contribution in [2.24, 2.45) is 5.92 Å². The minimum absolute atomic E-state index is 0.0673. The molecule has 1 fully saturated rings. The van der Waals surface area contributed by atoms with Gasteiger partial charge in [-0.05, 0) is 49.9 Å². The lowest BCUT2D eigenvalue weighted by atomic mass is 9.98. The highest BCUT2D eigenvalue weighted by Crippen LogP contribution is 2.21. The van der Waals surface area contributed by atoms with E-state index in [0.717, 1.165) is 48.1 Å². The van der Waals surface area contributed by atoms with E-state index >= 15 is 0 Å². The number of benzene rings is 1. The third kappa shape index (κ3) is 6.33. The first-order chi connectivity index (χ1) is 12.0. The van der Waals surface area contributed by atoms with Gasteiger partial charge < -0.3 is 10.2 Å². The zero-order valence-electron chi connectivity index (χ0n) is 15.0. The molecule has 0 unspecified atom stereocenters. The van der Waals surface area contributed by atoms with Crippen molar-refractivity contribution < 1.29 is 9.59 Å². The Morgan fingerprint density at radius 1 is 1.20 bits per heavy atom. The van der Waals surface area contributed by atoms with Crippen LogP contribution in [-0.4, -0.2) is 41.6 Å². The highest BCUT2D eigenvalue weighted by Gasteiger charge is 2.27. The van der Waals surface area contributed by atoms with E-state index in [4.69, 9.17) is 0 Å². The Balaban J connectivity index is 1.71. The highest BCUT2D eigenvalue weighted by molar-refractivity contribution is 9.10. The van der Waals surface area contributed by atoms with Gasteiger partial charge in [0.15, 0.2) is 0 Å². The molecule has 1 saturated heterocycles. The molecule has 0 radical (unpaired) electrons. The van der Waals surface area contributed by atoms with Crippen LogP contribution >= 0.6 is 27.7 Å². The average Bonchev–Trinajstić information content (AvgIpc) is 2.63. The standard InChI is InChI=1S/C19H27BrN2O2S/c1-3-14(4-2)19(24)22-11-9-16(10-12-22)21-18(23)13-25-17-7-5-15(20)6-8-17/h5-8,14,16H,3-4,9-13H2,1-2H3,(H,21,23). The molecule has 25 heavy (non-hydrogen) atoms. The molecule has 2 rings (SSSR count). The molecule has 0 aliphatic carbocycles. The van der Waals surface area contributed by atoms with Crippen LogP contribution < -0.4 is 5.32 Å². The number of thioether (sulfide) groups is 1. The van der Waals surface area contributed by atoms with Crippen molar-refractivity contribution in [1.82, 2.24) is 10.2 Å². The second-order valence-corrected chi connectivity index (χ2v) is 8.39. The Hall–Kier alpha value is -1.01. The molecule has 138 valence electrons. The van der Waals surface area contributed by atoms with E-state index in [-0.39, 0.29) is 23.8 Å². The molecule has 1 aromatic rings. The summed E-state index contributed by atoms with van der Waals surface area (Å²) in [5.41, 5.74) is 0. The monoisotopic (exact) mass is 426 g/mol. The van der Waals surface area contributed by atoms with Crippen LogP contribution in [0.25, 0.3) is 0 Å². The third-order valence-corrected chi connectivity index (χ3v) is 6.23. The average molecular weight is 427 g/mol. The number of likely N-dealkylation sites (tertiary alicyclic amines) is 1. The summed E-state index contributed by atoms with van der Waals surface area (Å²) in [6.07, 6.45) is 3.50. The van der Waals surface area contributed by atoms with Crippen LogP contribution in [-0.2, 0) is 9.59 Å². The number of piperidine rings is 1. The lowest BCUT2D eigenvalue weighted by Gasteiger charge is -2.34. The van der Waals surface area contributed by atoms with E-state index in [2.05, 4.69) is 35.1 Å². The zero-order chi connectivity index (χ0) is 18.2. The number of hydrogen-bond donors (Lipinski definition) is 1. The van der Waals surface area contributed by atoms with Gasteiger partial charge in [0.05, 0.1) is 5.75 Å². The molecule has 4 nitrogen and oxygen atoms in total. The normalized spacial score (nSPS) is 15.4. The second kappa shape index (κ2) is 10.2. The van der Waals surface area contributed by atoms with Crippen molar-refractivity contribution in [3.8, 4) is 0 Å². The lowest BCUT2D eigenvalue weighted by molar-refractivity contribution is -0.136. The molecular weight excluding hydrogens is 400 g/mol. The number of halogens is 1. The quantitative estimate of drug-likeness (QED) is 0.667. The number of nitrogens with zero attached hydrogens (tertiary/aromatic N) is 1. The first kappa shape index (κ1) is 20.3. The molecule has 1 aliphatic rings. The maximum atomic E-state index is 12.4. The van der Waals surface area contributed by atoms with Gasteiger partial charge in [-0.3, -0.25) is 9.59 Å². The number of carbonyl (C=O) groups is 2. The van der Waals surface area contributed by atoms with E-state index in [1.165, 1.54) is 0 Å². The molecule has 0 saturated carbocycles. The summed E-state index contributed by atoms with van der Waals surface area (Å²) in [6.45, 7) is 5.64. The van der Waals surface area contributed by atoms with Crippen LogP contribution in [0.2, 0.25) is 0 Å². The Morgan fingerprint density at radius 2 is 1.80 bits per heavy atom. The summed E-state index contributed by atoms with van der Waals surface area (Å²) >= 11 is 4.95. The molecule has 0 atom stereocenters. The van der Waals surface area contributed by atoms with Gasteiger partial charge in [0, 0.05) is 34.4 Å². The molecule has 6 heteroatoms. The molecular formula is C19H27BrN2O2S. The van der Waals surface area contributed by atoms with E-state index in [1.54, 1.807) is 11.8 Å². The van der Waals surface area contributed by atoms with Crippen molar-refractivity contribution in [3.05, 3.63) is 28.7 Å².